The van der Waals surface area contributed by atoms with Gasteiger partial charge in [-0.2, -0.15) is 0 Å². The maximum Gasteiger partial charge on any atom is 0.178 e. The predicted octanol–water partition coefficient (Wildman–Crippen LogP) is 5.23. The van der Waals surface area contributed by atoms with Crippen LogP contribution in [0.4, 0.5) is 4.39 Å². The number of fused-ring (bicyclic) bond motifs is 3. The van der Waals surface area contributed by atoms with Crippen molar-refractivity contribution in [2.45, 2.75) is 46.1 Å². The van der Waals surface area contributed by atoms with Gasteiger partial charge in [0.15, 0.2) is 4.77 Å². The summed E-state index contributed by atoms with van der Waals surface area (Å²) in [5.41, 5.74) is 1.93. The molecule has 0 amide bonds. The molecule has 1 aromatic heterocycles. The number of benzene rings is 1. The maximum absolute atomic E-state index is 14.1. The number of imidazole rings is 1. The monoisotopic (exact) mass is 304 g/mol. The molecule has 3 atom stereocenters. The molecular weight excluding hydrogens is 283 g/mol. The molecule has 4 rings (SSSR count). The molecule has 0 aliphatic heterocycles. The van der Waals surface area contributed by atoms with Crippen LogP contribution in [-0.2, 0) is 0 Å². The van der Waals surface area contributed by atoms with E-state index in [0.717, 1.165) is 11.4 Å². The molecule has 4 heteroatoms. The molecule has 1 aromatic carbocycles. The van der Waals surface area contributed by atoms with Crippen molar-refractivity contribution < 1.29 is 4.39 Å². The van der Waals surface area contributed by atoms with Crippen molar-refractivity contribution in [2.75, 3.05) is 0 Å². The van der Waals surface area contributed by atoms with Crippen molar-refractivity contribution in [3.63, 3.8) is 0 Å². The van der Waals surface area contributed by atoms with E-state index in [0.29, 0.717) is 16.3 Å². The third kappa shape index (κ3) is 1.60. The van der Waals surface area contributed by atoms with Crippen molar-refractivity contribution in [3.05, 3.63) is 28.8 Å². The summed E-state index contributed by atoms with van der Waals surface area (Å²) in [5, 5.41) is 0. The van der Waals surface area contributed by atoms with Gasteiger partial charge in [-0.3, -0.25) is 0 Å². The molecule has 2 aliphatic carbocycles. The van der Waals surface area contributed by atoms with Gasteiger partial charge >= 0.3 is 0 Å². The average molecular weight is 304 g/mol. The highest BCUT2D eigenvalue weighted by Gasteiger charge is 2.60. The first-order valence-electron chi connectivity index (χ1n) is 7.73. The van der Waals surface area contributed by atoms with Crippen molar-refractivity contribution in [2.24, 2.45) is 16.7 Å². The van der Waals surface area contributed by atoms with Crippen LogP contribution < -0.4 is 0 Å². The van der Waals surface area contributed by atoms with Gasteiger partial charge in [-0.05, 0) is 60.4 Å². The van der Waals surface area contributed by atoms with E-state index in [1.807, 2.05) is 6.07 Å². The smallest absolute Gasteiger partial charge is 0.178 e. The summed E-state index contributed by atoms with van der Waals surface area (Å²) >= 11 is 5.56. The van der Waals surface area contributed by atoms with Gasteiger partial charge in [-0.15, -0.1) is 0 Å². The molecule has 2 bridgehead atoms. The Morgan fingerprint density at radius 2 is 2.10 bits per heavy atom. The Morgan fingerprint density at radius 1 is 1.33 bits per heavy atom. The Morgan fingerprint density at radius 3 is 2.76 bits per heavy atom. The molecule has 2 saturated carbocycles. The zero-order valence-electron chi connectivity index (χ0n) is 12.7. The number of aromatic nitrogens is 2. The molecule has 1 heterocycles. The molecule has 112 valence electrons. The molecule has 2 fully saturated rings. The number of rotatable bonds is 1. The topological polar surface area (TPSA) is 20.7 Å². The number of nitrogens with zero attached hydrogens (tertiary/aromatic N) is 1. The summed E-state index contributed by atoms with van der Waals surface area (Å²) in [6.45, 7) is 7.09. The van der Waals surface area contributed by atoms with Crippen LogP contribution >= 0.6 is 12.2 Å². The normalized spacial score (nSPS) is 33.9. The summed E-state index contributed by atoms with van der Waals surface area (Å²) in [6.07, 6.45) is 3.81. The summed E-state index contributed by atoms with van der Waals surface area (Å²) in [5.74, 6) is 0.524. The molecule has 0 radical (unpaired) electrons. The summed E-state index contributed by atoms with van der Waals surface area (Å²) in [6, 6.07) is 5.59. The van der Waals surface area contributed by atoms with Crippen molar-refractivity contribution >= 4 is 23.3 Å². The summed E-state index contributed by atoms with van der Waals surface area (Å²) in [4.78, 5) is 3.09. The van der Waals surface area contributed by atoms with Crippen molar-refractivity contribution in [1.29, 1.82) is 0 Å². The van der Waals surface area contributed by atoms with Crippen LogP contribution in [0.3, 0.4) is 0 Å². The molecule has 3 unspecified atom stereocenters. The minimum Gasteiger partial charge on any atom is -0.328 e. The predicted molar refractivity (Wildman–Crippen MR) is 85.3 cm³/mol. The van der Waals surface area contributed by atoms with E-state index < -0.39 is 0 Å². The fraction of sp³-hybridized carbons (Fsp3) is 0.588. The summed E-state index contributed by atoms with van der Waals surface area (Å²) in [7, 11) is 0. The number of hydrogen-bond acceptors (Lipinski definition) is 1. The Hall–Kier alpha value is -1.16. The van der Waals surface area contributed by atoms with E-state index in [4.69, 9.17) is 12.2 Å². The lowest BCUT2D eigenvalue weighted by Gasteiger charge is -2.43. The van der Waals surface area contributed by atoms with Crippen LogP contribution in [0, 0.1) is 27.3 Å². The second-order valence-electron chi connectivity index (χ2n) is 7.75. The fourth-order valence-electron chi connectivity index (χ4n) is 5.29. The van der Waals surface area contributed by atoms with Crippen molar-refractivity contribution in [1.82, 2.24) is 9.55 Å². The van der Waals surface area contributed by atoms with E-state index in [1.165, 1.54) is 25.3 Å². The number of para-hydroxylation sites is 1. The molecule has 2 nitrogen and oxygen atoms in total. The van der Waals surface area contributed by atoms with Crippen LogP contribution in [0.15, 0.2) is 18.2 Å². The third-order valence-electron chi connectivity index (χ3n) is 6.15. The number of halogens is 1. The largest absolute Gasteiger partial charge is 0.328 e. The number of nitrogens with one attached hydrogen (secondary N) is 1. The lowest BCUT2D eigenvalue weighted by molar-refractivity contribution is 0.0855. The summed E-state index contributed by atoms with van der Waals surface area (Å²) < 4.78 is 16.9. The highest BCUT2D eigenvalue weighted by Crippen LogP contribution is 2.68. The average Bonchev–Trinajstić information content (AvgIpc) is 2.99. The van der Waals surface area contributed by atoms with Crippen molar-refractivity contribution in [3.8, 4) is 0 Å². The van der Waals surface area contributed by atoms with E-state index in [1.54, 1.807) is 6.07 Å². The van der Waals surface area contributed by atoms with Gasteiger partial charge in [-0.25, -0.2) is 4.39 Å². The van der Waals surface area contributed by atoms with Crippen LogP contribution in [0.25, 0.3) is 11.0 Å². The number of hydrogen-bond donors (Lipinski definition) is 1. The zero-order chi connectivity index (χ0) is 15.0. The molecule has 1 N–H and O–H groups in total. The van der Waals surface area contributed by atoms with Gasteiger partial charge in [0.1, 0.15) is 11.3 Å². The van der Waals surface area contributed by atoms with Crippen LogP contribution in [0.5, 0.6) is 0 Å². The van der Waals surface area contributed by atoms with Gasteiger partial charge in [0, 0.05) is 6.04 Å². The molecular formula is C17H21FN2S. The first-order chi connectivity index (χ1) is 9.84. The van der Waals surface area contributed by atoms with E-state index in [2.05, 4.69) is 30.3 Å². The Bertz CT molecular complexity index is 783. The minimum absolute atomic E-state index is 0.201. The first-order valence-corrected chi connectivity index (χ1v) is 8.14. The Kier molecular flexibility index (Phi) is 2.56. The number of aromatic amines is 1. The highest BCUT2D eigenvalue weighted by atomic mass is 32.1. The lowest BCUT2D eigenvalue weighted by Crippen LogP contribution is -2.37. The zero-order valence-corrected chi connectivity index (χ0v) is 13.6. The van der Waals surface area contributed by atoms with Gasteiger partial charge in [0.05, 0.1) is 5.52 Å². The molecule has 0 saturated heterocycles. The van der Waals surface area contributed by atoms with E-state index in [9.17, 15) is 4.39 Å². The van der Waals surface area contributed by atoms with Crippen LogP contribution in [0.1, 0.15) is 46.1 Å². The van der Waals surface area contributed by atoms with Gasteiger partial charge in [0.25, 0.3) is 0 Å². The van der Waals surface area contributed by atoms with Crippen LogP contribution in [0.2, 0.25) is 0 Å². The fourth-order valence-corrected chi connectivity index (χ4v) is 5.60. The third-order valence-corrected chi connectivity index (χ3v) is 6.45. The van der Waals surface area contributed by atoms with Gasteiger partial charge in [0.2, 0.25) is 0 Å². The molecule has 21 heavy (non-hydrogen) atoms. The minimum atomic E-state index is -0.219. The van der Waals surface area contributed by atoms with Gasteiger partial charge < -0.3 is 9.55 Å². The van der Waals surface area contributed by atoms with Crippen LogP contribution in [-0.4, -0.2) is 9.55 Å². The number of H-pyrrole nitrogens is 1. The van der Waals surface area contributed by atoms with E-state index in [-0.39, 0.29) is 16.6 Å². The molecule has 2 aliphatic rings. The standard InChI is InChI=1S/C17H21FN2S/c1-16(2)10-7-8-17(3,9-10)14(16)20-12-6-4-5-11(18)13(12)19-15(20)21/h4-6,10,14H,7-9H2,1-3H3,(H,19,21). The second kappa shape index (κ2) is 3.97. The van der Waals surface area contributed by atoms with E-state index >= 15 is 0 Å². The second-order valence-corrected chi connectivity index (χ2v) is 8.14. The molecule has 2 aromatic rings. The Balaban J connectivity index is 2.01. The molecule has 0 spiro atoms. The quantitative estimate of drug-likeness (QED) is 0.716. The maximum atomic E-state index is 14.1. The Labute approximate surface area is 129 Å². The van der Waals surface area contributed by atoms with Gasteiger partial charge in [-0.1, -0.05) is 26.8 Å². The first kappa shape index (κ1) is 13.5. The SMILES string of the molecule is CC12CCC(C1)C(C)(C)C2n1c(=S)[nH]c2c(F)cccc21. The highest BCUT2D eigenvalue weighted by molar-refractivity contribution is 7.71. The lowest BCUT2D eigenvalue weighted by atomic mass is 9.68.